The van der Waals surface area contributed by atoms with Gasteiger partial charge in [0, 0.05) is 21.5 Å². The lowest BCUT2D eigenvalue weighted by Gasteiger charge is -2.16. The number of rotatable bonds is 6. The van der Waals surface area contributed by atoms with Gasteiger partial charge in [-0.2, -0.15) is 0 Å². The Morgan fingerprint density at radius 1 is 0.719 bits per heavy atom. The fourth-order valence-corrected chi connectivity index (χ4v) is 3.51. The second-order valence-electron chi connectivity index (χ2n) is 6.85. The van der Waals surface area contributed by atoms with Crippen LogP contribution in [-0.4, -0.2) is 23.3 Å². The zero-order valence-corrected chi connectivity index (χ0v) is 19.2. The zero-order valence-electron chi connectivity index (χ0n) is 17.0. The summed E-state index contributed by atoms with van der Waals surface area (Å²) < 4.78 is 4.90. The Hall–Kier alpha value is -2.92. The largest absolute Gasteiger partial charge is 0.511 e. The highest BCUT2D eigenvalue weighted by atomic mass is 35.5. The third-order valence-corrected chi connectivity index (χ3v) is 5.46. The molecule has 0 atom stereocenters. The van der Waals surface area contributed by atoms with E-state index in [4.69, 9.17) is 39.5 Å². The number of allylic oxidation sites excluding steroid dienone is 2. The van der Waals surface area contributed by atoms with Crippen molar-refractivity contribution in [3.63, 3.8) is 0 Å². The van der Waals surface area contributed by atoms with Crippen LogP contribution in [0.5, 0.6) is 0 Å². The molecule has 2 N–H and O–H groups in total. The van der Waals surface area contributed by atoms with Crippen molar-refractivity contribution in [3.8, 4) is 0 Å². The molecule has 0 aliphatic rings. The van der Waals surface area contributed by atoms with Gasteiger partial charge in [-0.05, 0) is 53.1 Å². The summed E-state index contributed by atoms with van der Waals surface area (Å²) in [5.74, 6) is -1.36. The average molecular weight is 490 g/mol. The summed E-state index contributed by atoms with van der Waals surface area (Å²) >= 11 is 17.9. The van der Waals surface area contributed by atoms with E-state index in [-0.39, 0.29) is 23.3 Å². The van der Waals surface area contributed by atoms with Crippen molar-refractivity contribution in [1.29, 1.82) is 0 Å². The Kier molecular flexibility index (Phi) is 7.86. The summed E-state index contributed by atoms with van der Waals surface area (Å²) in [4.78, 5) is 12.6. The van der Waals surface area contributed by atoms with E-state index in [1.807, 2.05) is 0 Å². The minimum absolute atomic E-state index is 0.0759. The molecule has 0 saturated carbocycles. The van der Waals surface area contributed by atoms with Gasteiger partial charge in [0.1, 0.15) is 17.1 Å². The van der Waals surface area contributed by atoms with E-state index < -0.39 is 11.7 Å². The molecule has 0 spiro atoms. The van der Waals surface area contributed by atoms with E-state index in [1.165, 1.54) is 7.11 Å². The molecule has 32 heavy (non-hydrogen) atoms. The number of methoxy groups -OCH3 is 1. The van der Waals surface area contributed by atoms with Crippen molar-refractivity contribution in [3.05, 3.63) is 116 Å². The Morgan fingerprint density at radius 2 is 1.12 bits per heavy atom. The van der Waals surface area contributed by atoms with E-state index in [0.29, 0.717) is 26.2 Å². The maximum absolute atomic E-state index is 12.6. The van der Waals surface area contributed by atoms with Crippen molar-refractivity contribution >= 4 is 51.9 Å². The number of ether oxygens (including phenoxy) is 1. The van der Waals surface area contributed by atoms with Crippen LogP contribution >= 0.6 is 34.8 Å². The first kappa shape index (κ1) is 23.7. The van der Waals surface area contributed by atoms with Gasteiger partial charge in [0.15, 0.2) is 0 Å². The lowest BCUT2D eigenvalue weighted by molar-refractivity contribution is -0.133. The number of hydrogen-bond acceptors (Lipinski definition) is 4. The summed E-state index contributed by atoms with van der Waals surface area (Å²) in [5, 5.41) is 23.9. The molecule has 0 fully saturated rings. The molecule has 0 radical (unpaired) electrons. The fraction of sp³-hybridized carbons (Fsp3) is 0.0800. The highest BCUT2D eigenvalue weighted by molar-refractivity contribution is 6.31. The number of carbonyl (C=O) groups excluding carboxylic acids is 1. The first-order valence-corrected chi connectivity index (χ1v) is 10.6. The lowest BCUT2D eigenvalue weighted by atomic mass is 9.94. The monoisotopic (exact) mass is 488 g/mol. The Bertz CT molecular complexity index is 1160. The van der Waals surface area contributed by atoms with Crippen LogP contribution in [0.2, 0.25) is 15.1 Å². The van der Waals surface area contributed by atoms with Crippen LogP contribution in [0.1, 0.15) is 16.7 Å². The maximum Gasteiger partial charge on any atom is 0.342 e. The fourth-order valence-electron chi connectivity index (χ4n) is 3.14. The summed E-state index contributed by atoms with van der Waals surface area (Å²) in [6.07, 6.45) is 0.0915. The van der Waals surface area contributed by atoms with Gasteiger partial charge in [-0.3, -0.25) is 0 Å². The third kappa shape index (κ3) is 5.65. The SMILES string of the molecule is COC(=O)/C(=C(O)\C(=C(\O)Cc1ccc(Cl)cc1)c1ccc(Cl)cc1)c1ccc(Cl)cc1. The summed E-state index contributed by atoms with van der Waals surface area (Å²) in [5.41, 5.74) is 1.57. The second kappa shape index (κ2) is 10.6. The van der Waals surface area contributed by atoms with E-state index in [1.54, 1.807) is 72.8 Å². The van der Waals surface area contributed by atoms with Gasteiger partial charge in [0.25, 0.3) is 0 Å². The molecule has 3 rings (SSSR count). The molecule has 164 valence electrons. The molecular formula is C25H19Cl3O4. The summed E-state index contributed by atoms with van der Waals surface area (Å²) in [7, 11) is 1.21. The summed E-state index contributed by atoms with van der Waals surface area (Å²) in [6.45, 7) is 0. The summed E-state index contributed by atoms with van der Waals surface area (Å²) in [6, 6.07) is 19.8. The quantitative estimate of drug-likeness (QED) is 0.165. The van der Waals surface area contributed by atoms with Gasteiger partial charge in [-0.1, -0.05) is 71.2 Å². The van der Waals surface area contributed by atoms with Crippen LogP contribution in [0.4, 0.5) is 0 Å². The van der Waals surface area contributed by atoms with Crippen LogP contribution in [-0.2, 0) is 16.0 Å². The van der Waals surface area contributed by atoms with Gasteiger partial charge in [0.2, 0.25) is 0 Å². The Morgan fingerprint density at radius 3 is 1.56 bits per heavy atom. The number of halogens is 3. The molecule has 0 unspecified atom stereocenters. The number of aliphatic hydroxyl groups is 2. The average Bonchev–Trinajstić information content (AvgIpc) is 2.78. The third-order valence-electron chi connectivity index (χ3n) is 4.70. The molecule has 0 bridgehead atoms. The van der Waals surface area contributed by atoms with Crippen LogP contribution in [0.3, 0.4) is 0 Å². The molecule has 0 aromatic heterocycles. The maximum atomic E-state index is 12.6. The van der Waals surface area contributed by atoms with E-state index in [0.717, 1.165) is 5.56 Å². The molecular weight excluding hydrogens is 471 g/mol. The number of aliphatic hydroxyl groups excluding tert-OH is 2. The van der Waals surface area contributed by atoms with Gasteiger partial charge in [0.05, 0.1) is 12.7 Å². The smallest absolute Gasteiger partial charge is 0.342 e. The van der Waals surface area contributed by atoms with Crippen LogP contribution < -0.4 is 0 Å². The number of esters is 1. The molecule has 0 amide bonds. The van der Waals surface area contributed by atoms with Crippen LogP contribution in [0, 0.1) is 0 Å². The van der Waals surface area contributed by atoms with Gasteiger partial charge < -0.3 is 14.9 Å². The molecule has 0 heterocycles. The number of carbonyl (C=O) groups is 1. The zero-order chi connectivity index (χ0) is 23.3. The molecule has 7 heteroatoms. The van der Waals surface area contributed by atoms with Crippen molar-refractivity contribution < 1.29 is 19.7 Å². The minimum Gasteiger partial charge on any atom is -0.511 e. The molecule has 0 aliphatic carbocycles. The molecule has 0 aliphatic heterocycles. The molecule has 3 aromatic rings. The van der Waals surface area contributed by atoms with E-state index in [9.17, 15) is 15.0 Å². The first-order valence-electron chi connectivity index (χ1n) is 9.50. The minimum atomic E-state index is -0.768. The van der Waals surface area contributed by atoms with E-state index in [2.05, 4.69) is 0 Å². The number of hydrogen-bond donors (Lipinski definition) is 2. The molecule has 4 nitrogen and oxygen atoms in total. The normalized spacial score (nSPS) is 12.6. The van der Waals surface area contributed by atoms with Crippen LogP contribution in [0.15, 0.2) is 84.3 Å². The first-order chi connectivity index (χ1) is 15.3. The van der Waals surface area contributed by atoms with Crippen molar-refractivity contribution in [2.45, 2.75) is 6.42 Å². The predicted octanol–water partition coefficient (Wildman–Crippen LogP) is 7.30. The highest BCUT2D eigenvalue weighted by Crippen LogP contribution is 2.33. The van der Waals surface area contributed by atoms with Crippen molar-refractivity contribution in [2.75, 3.05) is 7.11 Å². The van der Waals surface area contributed by atoms with Gasteiger partial charge in [-0.25, -0.2) is 4.79 Å². The Labute approximate surface area is 200 Å². The topological polar surface area (TPSA) is 66.8 Å². The van der Waals surface area contributed by atoms with E-state index >= 15 is 0 Å². The number of benzene rings is 3. The Balaban J connectivity index is 2.23. The second-order valence-corrected chi connectivity index (χ2v) is 8.16. The standard InChI is InChI=1S/C25H19Cl3O4/c1-32-25(31)23(17-6-12-20(28)13-7-17)24(30)22(16-4-10-19(27)11-5-16)21(29)14-15-2-8-18(26)9-3-15/h2-13,29-30H,14H2,1H3/b22-21+,24-23+. The van der Waals surface area contributed by atoms with Crippen molar-refractivity contribution in [1.82, 2.24) is 0 Å². The van der Waals surface area contributed by atoms with Crippen molar-refractivity contribution in [2.24, 2.45) is 0 Å². The van der Waals surface area contributed by atoms with Gasteiger partial charge in [-0.15, -0.1) is 0 Å². The molecule has 3 aromatic carbocycles. The van der Waals surface area contributed by atoms with Gasteiger partial charge >= 0.3 is 5.97 Å². The highest BCUT2D eigenvalue weighted by Gasteiger charge is 2.24. The predicted molar refractivity (Wildman–Crippen MR) is 129 cm³/mol. The molecule has 0 saturated heterocycles. The lowest BCUT2D eigenvalue weighted by Crippen LogP contribution is -2.10. The van der Waals surface area contributed by atoms with Crippen LogP contribution in [0.25, 0.3) is 11.1 Å².